The van der Waals surface area contributed by atoms with Crippen LogP contribution in [0.1, 0.15) is 16.8 Å². The molecule has 0 amide bonds. The lowest BCUT2D eigenvalue weighted by molar-refractivity contribution is -0.0516. The molecule has 94 valence electrons. The minimum absolute atomic E-state index is 0.0271. The van der Waals surface area contributed by atoms with E-state index in [0.29, 0.717) is 22.2 Å². The number of halogens is 3. The smallest absolute Gasteiger partial charge is 0.387 e. The molecule has 1 aromatic rings. The summed E-state index contributed by atoms with van der Waals surface area (Å²) in [4.78, 5) is 12.2. The average Bonchev–Trinajstić information content (AvgIpc) is 2.29. The summed E-state index contributed by atoms with van der Waals surface area (Å²) in [5.74, 6) is 0.0728. The van der Waals surface area contributed by atoms with Gasteiger partial charge in [-0.1, -0.05) is 15.9 Å². The number of thioether (sulfide) groups is 1. The number of carbonyl (C=O) groups excluding carboxylic acids is 1. The molecule has 0 N–H and O–H groups in total. The van der Waals surface area contributed by atoms with Crippen molar-refractivity contribution in [1.29, 1.82) is 0 Å². The molecule has 0 aliphatic heterocycles. The van der Waals surface area contributed by atoms with Crippen LogP contribution >= 0.6 is 27.7 Å². The molecule has 0 saturated heterocycles. The van der Waals surface area contributed by atoms with Gasteiger partial charge in [0.15, 0.2) is 5.78 Å². The SMILES string of the molecule is CSc1cc(C(=O)CCBr)ccc1OC(F)F. The molecule has 1 rings (SSSR count). The monoisotopic (exact) mass is 324 g/mol. The predicted octanol–water partition coefficient (Wildman–Crippen LogP) is 3.98. The largest absolute Gasteiger partial charge is 0.434 e. The van der Waals surface area contributed by atoms with Gasteiger partial charge in [0.25, 0.3) is 0 Å². The van der Waals surface area contributed by atoms with Gasteiger partial charge >= 0.3 is 6.61 Å². The maximum Gasteiger partial charge on any atom is 0.387 e. The second-order valence-corrected chi connectivity index (χ2v) is 4.75. The molecule has 0 radical (unpaired) electrons. The van der Waals surface area contributed by atoms with Gasteiger partial charge in [0.1, 0.15) is 5.75 Å². The number of ether oxygens (including phenoxy) is 1. The highest BCUT2D eigenvalue weighted by atomic mass is 79.9. The Morgan fingerprint density at radius 2 is 2.24 bits per heavy atom. The lowest BCUT2D eigenvalue weighted by Crippen LogP contribution is -2.05. The third-order valence-corrected chi connectivity index (χ3v) is 3.18. The standard InChI is InChI=1S/C11H11BrF2O2S/c1-17-10-6-7(8(15)4-5-12)2-3-9(10)16-11(13)14/h2-3,6,11H,4-5H2,1H3. The number of hydrogen-bond acceptors (Lipinski definition) is 3. The predicted molar refractivity (Wildman–Crippen MR) is 67.6 cm³/mol. The summed E-state index contributed by atoms with van der Waals surface area (Å²) in [6, 6.07) is 4.48. The minimum Gasteiger partial charge on any atom is -0.434 e. The molecule has 0 fully saturated rings. The van der Waals surface area contributed by atoms with Crippen molar-refractivity contribution in [2.45, 2.75) is 17.9 Å². The highest BCUT2D eigenvalue weighted by molar-refractivity contribution is 9.09. The van der Waals surface area contributed by atoms with Crippen LogP contribution in [0.5, 0.6) is 5.75 Å². The van der Waals surface area contributed by atoms with Gasteiger partial charge in [0.2, 0.25) is 0 Å². The van der Waals surface area contributed by atoms with Crippen molar-refractivity contribution in [3.63, 3.8) is 0 Å². The summed E-state index contributed by atoms with van der Waals surface area (Å²) in [5.41, 5.74) is 0.510. The number of ketones is 1. The summed E-state index contributed by atoms with van der Waals surface area (Å²) >= 11 is 4.44. The Hall–Kier alpha value is -0.620. The molecule has 2 nitrogen and oxygen atoms in total. The normalized spacial score (nSPS) is 10.6. The first-order chi connectivity index (χ1) is 8.08. The zero-order valence-corrected chi connectivity index (χ0v) is 11.5. The highest BCUT2D eigenvalue weighted by Gasteiger charge is 2.12. The molecular weight excluding hydrogens is 314 g/mol. The Labute approximate surface area is 111 Å². The maximum absolute atomic E-state index is 12.1. The number of carbonyl (C=O) groups is 1. The van der Waals surface area contributed by atoms with Crippen LogP contribution in [0, 0.1) is 0 Å². The van der Waals surface area contributed by atoms with Crippen LogP contribution in [0.3, 0.4) is 0 Å². The summed E-state index contributed by atoms with van der Waals surface area (Å²) in [6.45, 7) is -2.86. The third kappa shape index (κ3) is 4.27. The fourth-order valence-electron chi connectivity index (χ4n) is 1.26. The van der Waals surface area contributed by atoms with Gasteiger partial charge in [-0.15, -0.1) is 11.8 Å². The highest BCUT2D eigenvalue weighted by Crippen LogP contribution is 2.30. The maximum atomic E-state index is 12.1. The average molecular weight is 325 g/mol. The third-order valence-electron chi connectivity index (χ3n) is 2.02. The van der Waals surface area contributed by atoms with Crippen molar-refractivity contribution in [2.24, 2.45) is 0 Å². The van der Waals surface area contributed by atoms with Crippen LogP contribution < -0.4 is 4.74 Å². The Bertz CT molecular complexity index is 399. The van der Waals surface area contributed by atoms with Crippen LogP contribution in [0.25, 0.3) is 0 Å². The van der Waals surface area contributed by atoms with Crippen LogP contribution in [-0.4, -0.2) is 24.0 Å². The Balaban J connectivity index is 2.95. The molecule has 0 heterocycles. The van der Waals surface area contributed by atoms with E-state index < -0.39 is 6.61 Å². The van der Waals surface area contributed by atoms with Gasteiger partial charge in [-0.05, 0) is 24.5 Å². The summed E-state index contributed by atoms with van der Waals surface area (Å²) in [6.07, 6.45) is 2.12. The van der Waals surface area contributed by atoms with Crippen molar-refractivity contribution >= 4 is 33.5 Å². The van der Waals surface area contributed by atoms with E-state index in [-0.39, 0.29) is 11.5 Å². The topological polar surface area (TPSA) is 26.3 Å². The van der Waals surface area contributed by atoms with E-state index in [1.165, 1.54) is 23.9 Å². The molecule has 6 heteroatoms. The van der Waals surface area contributed by atoms with Gasteiger partial charge in [-0.25, -0.2) is 0 Å². The van der Waals surface area contributed by atoms with E-state index >= 15 is 0 Å². The van der Waals surface area contributed by atoms with E-state index in [9.17, 15) is 13.6 Å². The lowest BCUT2D eigenvalue weighted by Gasteiger charge is -2.10. The number of benzene rings is 1. The number of hydrogen-bond donors (Lipinski definition) is 0. The molecule has 0 unspecified atom stereocenters. The summed E-state index contributed by atoms with van der Waals surface area (Å²) in [5, 5.41) is 0.579. The van der Waals surface area contributed by atoms with Crippen molar-refractivity contribution in [2.75, 3.05) is 11.6 Å². The Kier molecular flexibility index (Phi) is 5.91. The molecule has 0 aromatic heterocycles. The Morgan fingerprint density at radius 3 is 2.76 bits per heavy atom. The van der Waals surface area contributed by atoms with E-state index in [4.69, 9.17) is 0 Å². The molecule has 1 aromatic carbocycles. The minimum atomic E-state index is -2.86. The van der Waals surface area contributed by atoms with Crippen LogP contribution in [0.4, 0.5) is 8.78 Å². The van der Waals surface area contributed by atoms with Crippen LogP contribution in [-0.2, 0) is 0 Å². The van der Waals surface area contributed by atoms with Crippen molar-refractivity contribution in [3.05, 3.63) is 23.8 Å². The molecule has 0 atom stereocenters. The van der Waals surface area contributed by atoms with E-state index in [1.54, 1.807) is 12.3 Å². The molecule has 0 spiro atoms. The first-order valence-corrected chi connectivity index (χ1v) is 7.15. The van der Waals surface area contributed by atoms with Gasteiger partial charge in [0, 0.05) is 17.3 Å². The second kappa shape index (κ2) is 6.96. The van der Waals surface area contributed by atoms with Crippen LogP contribution in [0.15, 0.2) is 23.1 Å². The number of Topliss-reactive ketones (excluding diaryl/α,β-unsaturated/α-hetero) is 1. The van der Waals surface area contributed by atoms with E-state index in [0.717, 1.165) is 0 Å². The first kappa shape index (κ1) is 14.4. The van der Waals surface area contributed by atoms with Gasteiger partial charge < -0.3 is 4.74 Å². The fourth-order valence-corrected chi connectivity index (χ4v) is 2.19. The summed E-state index contributed by atoms with van der Waals surface area (Å²) in [7, 11) is 0. The van der Waals surface area contributed by atoms with E-state index in [1.807, 2.05) is 0 Å². The van der Waals surface area contributed by atoms with Gasteiger partial charge in [-0.2, -0.15) is 8.78 Å². The zero-order chi connectivity index (χ0) is 12.8. The quantitative estimate of drug-likeness (QED) is 0.450. The molecule has 17 heavy (non-hydrogen) atoms. The second-order valence-electron chi connectivity index (χ2n) is 3.11. The van der Waals surface area contributed by atoms with E-state index in [2.05, 4.69) is 20.7 Å². The fraction of sp³-hybridized carbons (Fsp3) is 0.364. The zero-order valence-electron chi connectivity index (χ0n) is 9.08. The molecule has 0 saturated carbocycles. The summed E-state index contributed by atoms with van der Waals surface area (Å²) < 4.78 is 28.6. The number of rotatable bonds is 6. The van der Waals surface area contributed by atoms with Crippen molar-refractivity contribution < 1.29 is 18.3 Å². The van der Waals surface area contributed by atoms with Gasteiger partial charge in [0.05, 0.1) is 4.90 Å². The van der Waals surface area contributed by atoms with Crippen LogP contribution in [0.2, 0.25) is 0 Å². The lowest BCUT2D eigenvalue weighted by atomic mass is 10.1. The van der Waals surface area contributed by atoms with Crippen molar-refractivity contribution in [3.8, 4) is 5.75 Å². The first-order valence-electron chi connectivity index (χ1n) is 4.80. The molecule has 0 aliphatic rings. The molecule has 0 bridgehead atoms. The molecular formula is C11H11BrF2O2S. The van der Waals surface area contributed by atoms with Crippen molar-refractivity contribution in [1.82, 2.24) is 0 Å². The number of alkyl halides is 3. The molecule has 0 aliphatic carbocycles. The Morgan fingerprint density at radius 1 is 1.53 bits per heavy atom. The van der Waals surface area contributed by atoms with Gasteiger partial charge in [-0.3, -0.25) is 4.79 Å².